The fraction of sp³-hybridized carbons (Fsp3) is 0.933. The highest BCUT2D eigenvalue weighted by molar-refractivity contribution is 14.1. The molecule has 116 valence electrons. The molecule has 2 rings (SSSR count). The molecule has 0 radical (unpaired) electrons. The van der Waals surface area contributed by atoms with E-state index in [-0.39, 0.29) is 24.1 Å². The number of carbonyl (C=O) groups excluding carboxylic acids is 1. The Labute approximate surface area is 135 Å². The van der Waals surface area contributed by atoms with Crippen LogP contribution in [0.1, 0.15) is 45.4 Å². The molecule has 0 N–H and O–H groups in total. The van der Waals surface area contributed by atoms with Crippen molar-refractivity contribution < 1.29 is 19.0 Å². The Morgan fingerprint density at radius 3 is 2.65 bits per heavy atom. The molecule has 2 aliphatic rings. The van der Waals surface area contributed by atoms with E-state index in [4.69, 9.17) is 14.2 Å². The Balaban J connectivity index is 1.82. The number of esters is 1. The topological polar surface area (TPSA) is 44.8 Å². The van der Waals surface area contributed by atoms with Gasteiger partial charge in [-0.05, 0) is 45.4 Å². The van der Waals surface area contributed by atoms with E-state index < -0.39 is 0 Å². The van der Waals surface area contributed by atoms with Crippen LogP contribution in [0.15, 0.2) is 0 Å². The largest absolute Gasteiger partial charge is 0.466 e. The first-order valence-electron chi connectivity index (χ1n) is 7.63. The van der Waals surface area contributed by atoms with Crippen molar-refractivity contribution >= 4 is 28.6 Å². The monoisotopic (exact) mass is 396 g/mol. The highest BCUT2D eigenvalue weighted by atomic mass is 127. The third-order valence-corrected chi connectivity index (χ3v) is 5.64. The van der Waals surface area contributed by atoms with Gasteiger partial charge < -0.3 is 14.2 Å². The summed E-state index contributed by atoms with van der Waals surface area (Å²) in [6.45, 7) is 2.32. The van der Waals surface area contributed by atoms with Crippen molar-refractivity contribution in [2.75, 3.05) is 13.7 Å². The van der Waals surface area contributed by atoms with Crippen LogP contribution in [0.3, 0.4) is 0 Å². The van der Waals surface area contributed by atoms with Gasteiger partial charge in [0.1, 0.15) is 0 Å². The Morgan fingerprint density at radius 2 is 1.95 bits per heavy atom. The van der Waals surface area contributed by atoms with E-state index in [1.54, 1.807) is 7.11 Å². The van der Waals surface area contributed by atoms with Gasteiger partial charge in [-0.15, -0.1) is 0 Å². The standard InChI is InChI=1S/C15H25IO4/c1-3-19-15(17)10-7-13(16)14(8-10)20-12-6-4-5-11(9-12)18-2/h10-14H,3-9H2,1-2H3. The number of carbonyl (C=O) groups is 1. The molecule has 5 atom stereocenters. The number of alkyl halides is 1. The van der Waals surface area contributed by atoms with Gasteiger partial charge in [0.15, 0.2) is 0 Å². The number of hydrogen-bond donors (Lipinski definition) is 0. The zero-order valence-corrected chi connectivity index (χ0v) is 14.5. The summed E-state index contributed by atoms with van der Waals surface area (Å²) in [6.07, 6.45) is 6.91. The van der Waals surface area contributed by atoms with Gasteiger partial charge in [-0.2, -0.15) is 0 Å². The smallest absolute Gasteiger partial charge is 0.309 e. The average molecular weight is 396 g/mol. The summed E-state index contributed by atoms with van der Waals surface area (Å²) in [5.74, 6) is -0.0395. The molecule has 0 aliphatic heterocycles. The molecule has 2 saturated carbocycles. The first-order chi connectivity index (χ1) is 9.63. The second-order valence-corrected chi connectivity index (χ2v) is 7.36. The van der Waals surface area contributed by atoms with Crippen LogP contribution in [-0.4, -0.2) is 41.9 Å². The molecule has 0 aromatic rings. The van der Waals surface area contributed by atoms with Gasteiger partial charge in [0.05, 0.1) is 30.8 Å². The zero-order valence-electron chi connectivity index (χ0n) is 12.3. The van der Waals surface area contributed by atoms with Gasteiger partial charge in [-0.3, -0.25) is 4.79 Å². The summed E-state index contributed by atoms with van der Waals surface area (Å²) >= 11 is 2.42. The van der Waals surface area contributed by atoms with Crippen LogP contribution in [-0.2, 0) is 19.0 Å². The first-order valence-corrected chi connectivity index (χ1v) is 8.87. The maximum atomic E-state index is 11.8. The van der Waals surface area contributed by atoms with Crippen LogP contribution < -0.4 is 0 Å². The lowest BCUT2D eigenvalue weighted by molar-refractivity contribution is -0.148. The molecule has 0 saturated heterocycles. The zero-order chi connectivity index (χ0) is 14.5. The number of hydrogen-bond acceptors (Lipinski definition) is 4. The summed E-state index contributed by atoms with van der Waals surface area (Å²) in [4.78, 5) is 11.8. The van der Waals surface area contributed by atoms with Crippen molar-refractivity contribution in [3.63, 3.8) is 0 Å². The Morgan fingerprint density at radius 1 is 1.20 bits per heavy atom. The van der Waals surface area contributed by atoms with Crippen LogP contribution in [0, 0.1) is 5.92 Å². The Kier molecular flexibility index (Phi) is 6.55. The van der Waals surface area contributed by atoms with Crippen molar-refractivity contribution in [1.82, 2.24) is 0 Å². The fourth-order valence-electron chi connectivity index (χ4n) is 3.23. The number of rotatable bonds is 5. The molecular weight excluding hydrogens is 371 g/mol. The number of ether oxygens (including phenoxy) is 3. The van der Waals surface area contributed by atoms with Crippen LogP contribution in [0.4, 0.5) is 0 Å². The number of methoxy groups -OCH3 is 1. The summed E-state index contributed by atoms with van der Waals surface area (Å²) in [5.41, 5.74) is 0. The maximum absolute atomic E-state index is 11.8. The van der Waals surface area contributed by atoms with Crippen LogP contribution in [0.5, 0.6) is 0 Å². The fourth-order valence-corrected chi connectivity index (χ4v) is 4.31. The average Bonchev–Trinajstić information content (AvgIpc) is 2.81. The Bertz CT molecular complexity index is 323. The van der Waals surface area contributed by atoms with Gasteiger partial charge in [0.2, 0.25) is 0 Å². The second-order valence-electron chi connectivity index (χ2n) is 5.76. The van der Waals surface area contributed by atoms with Crippen molar-refractivity contribution in [1.29, 1.82) is 0 Å². The quantitative estimate of drug-likeness (QED) is 0.407. The van der Waals surface area contributed by atoms with E-state index in [1.165, 1.54) is 6.42 Å². The lowest BCUT2D eigenvalue weighted by Gasteiger charge is -2.31. The molecule has 2 fully saturated rings. The molecule has 5 heteroatoms. The van der Waals surface area contributed by atoms with Crippen molar-refractivity contribution in [2.24, 2.45) is 5.92 Å². The van der Waals surface area contributed by atoms with Crippen molar-refractivity contribution in [2.45, 2.75) is 67.7 Å². The molecule has 0 bridgehead atoms. The summed E-state index contributed by atoms with van der Waals surface area (Å²) in [6, 6.07) is 0. The van der Waals surface area contributed by atoms with E-state index in [9.17, 15) is 4.79 Å². The SMILES string of the molecule is CCOC(=O)C1CC(I)C(OC2CCCC(OC)C2)C1. The van der Waals surface area contributed by atoms with E-state index in [2.05, 4.69) is 22.6 Å². The molecule has 0 amide bonds. The van der Waals surface area contributed by atoms with Crippen molar-refractivity contribution in [3.8, 4) is 0 Å². The highest BCUT2D eigenvalue weighted by Gasteiger charge is 2.39. The predicted octanol–water partition coefficient (Wildman–Crippen LogP) is 3.11. The first kappa shape index (κ1) is 16.5. The molecule has 5 unspecified atom stereocenters. The summed E-state index contributed by atoms with van der Waals surface area (Å²) in [5, 5.41) is 0. The van der Waals surface area contributed by atoms with Gasteiger partial charge >= 0.3 is 5.97 Å². The normalized spacial score (nSPS) is 37.9. The summed E-state index contributed by atoms with van der Waals surface area (Å²) < 4.78 is 17.2. The van der Waals surface area contributed by atoms with E-state index in [0.717, 1.165) is 32.1 Å². The van der Waals surface area contributed by atoms with E-state index >= 15 is 0 Å². The van der Waals surface area contributed by atoms with Gasteiger partial charge in [-0.1, -0.05) is 22.6 Å². The minimum absolute atomic E-state index is 0.0173. The highest BCUT2D eigenvalue weighted by Crippen LogP contribution is 2.37. The predicted molar refractivity (Wildman–Crippen MR) is 85.1 cm³/mol. The van der Waals surface area contributed by atoms with Crippen LogP contribution in [0.2, 0.25) is 0 Å². The van der Waals surface area contributed by atoms with Gasteiger partial charge in [0, 0.05) is 11.0 Å². The lowest BCUT2D eigenvalue weighted by atomic mass is 9.94. The molecular formula is C15H25IO4. The lowest BCUT2D eigenvalue weighted by Crippen LogP contribution is -2.32. The second kappa shape index (κ2) is 7.94. The third kappa shape index (κ3) is 4.31. The maximum Gasteiger partial charge on any atom is 0.309 e. The third-order valence-electron chi connectivity index (χ3n) is 4.33. The van der Waals surface area contributed by atoms with E-state index in [1.807, 2.05) is 6.92 Å². The van der Waals surface area contributed by atoms with E-state index in [0.29, 0.717) is 16.6 Å². The molecule has 4 nitrogen and oxygen atoms in total. The molecule has 0 spiro atoms. The Hall–Kier alpha value is 0.120. The van der Waals surface area contributed by atoms with Crippen LogP contribution >= 0.6 is 22.6 Å². The molecule has 0 aromatic heterocycles. The summed E-state index contributed by atoms with van der Waals surface area (Å²) in [7, 11) is 1.78. The molecule has 0 aromatic carbocycles. The van der Waals surface area contributed by atoms with Crippen molar-refractivity contribution in [3.05, 3.63) is 0 Å². The number of halogens is 1. The molecule has 2 aliphatic carbocycles. The minimum Gasteiger partial charge on any atom is -0.466 e. The van der Waals surface area contributed by atoms with Crippen LogP contribution in [0.25, 0.3) is 0 Å². The molecule has 0 heterocycles. The minimum atomic E-state index is -0.0568. The van der Waals surface area contributed by atoms with Gasteiger partial charge in [-0.25, -0.2) is 0 Å². The molecule has 20 heavy (non-hydrogen) atoms. The van der Waals surface area contributed by atoms with Gasteiger partial charge in [0.25, 0.3) is 0 Å².